The van der Waals surface area contributed by atoms with Crippen molar-refractivity contribution in [3.05, 3.63) is 11.3 Å². The molecule has 1 aromatic heterocycles. The molecular weight excluding hydrogens is 252 g/mol. The van der Waals surface area contributed by atoms with Gasteiger partial charge >= 0.3 is 0 Å². The first kappa shape index (κ1) is 13.5. The molecule has 4 N–H and O–H groups in total. The van der Waals surface area contributed by atoms with Gasteiger partial charge in [-0.1, -0.05) is 12.8 Å². The van der Waals surface area contributed by atoms with E-state index in [1.54, 1.807) is 6.92 Å². The molecule has 1 aliphatic rings. The minimum Gasteiger partial charge on any atom is -0.326 e. The molecule has 0 spiro atoms. The number of nitrogens with one attached hydrogen (secondary N) is 2. The van der Waals surface area contributed by atoms with Gasteiger partial charge in [0.15, 0.2) is 5.03 Å². The molecule has 1 aromatic rings. The molecule has 2 rings (SSSR count). The first-order valence-electron chi connectivity index (χ1n) is 6.20. The first-order chi connectivity index (χ1) is 8.44. The Balaban J connectivity index is 2.13. The normalized spacial score (nSPS) is 17.9. The molecule has 0 radical (unpaired) electrons. The van der Waals surface area contributed by atoms with E-state index in [1.807, 2.05) is 6.92 Å². The molecule has 1 heterocycles. The molecule has 102 valence electrons. The van der Waals surface area contributed by atoms with E-state index in [0.717, 1.165) is 6.42 Å². The van der Waals surface area contributed by atoms with Crippen molar-refractivity contribution in [1.29, 1.82) is 0 Å². The summed E-state index contributed by atoms with van der Waals surface area (Å²) in [6.07, 6.45) is 3.31. The predicted octanol–water partition coefficient (Wildman–Crippen LogP) is 0.644. The summed E-state index contributed by atoms with van der Waals surface area (Å²) < 4.78 is 27.0. The van der Waals surface area contributed by atoms with Crippen molar-refractivity contribution in [3.63, 3.8) is 0 Å². The molecule has 1 fully saturated rings. The van der Waals surface area contributed by atoms with Crippen molar-refractivity contribution >= 4 is 10.0 Å². The van der Waals surface area contributed by atoms with E-state index in [9.17, 15) is 8.42 Å². The number of hydrogen-bond acceptors (Lipinski definition) is 4. The van der Waals surface area contributed by atoms with Crippen molar-refractivity contribution in [3.8, 4) is 0 Å². The number of nitrogens with zero attached hydrogens (tertiary/aromatic N) is 1. The first-order valence-corrected chi connectivity index (χ1v) is 7.68. The lowest BCUT2D eigenvalue weighted by Gasteiger charge is -2.13. The van der Waals surface area contributed by atoms with Crippen LogP contribution in [0, 0.1) is 12.8 Å². The van der Waals surface area contributed by atoms with E-state index in [1.165, 1.54) is 12.8 Å². The third-order valence-electron chi connectivity index (χ3n) is 3.23. The lowest BCUT2D eigenvalue weighted by atomic mass is 10.2. The number of aromatic nitrogens is 2. The van der Waals surface area contributed by atoms with Crippen LogP contribution in [-0.2, 0) is 16.6 Å². The van der Waals surface area contributed by atoms with E-state index in [2.05, 4.69) is 14.9 Å². The van der Waals surface area contributed by atoms with Gasteiger partial charge in [0.1, 0.15) is 0 Å². The number of aromatic amines is 1. The van der Waals surface area contributed by atoms with Gasteiger partial charge in [-0.15, -0.1) is 0 Å². The van der Waals surface area contributed by atoms with Crippen molar-refractivity contribution in [1.82, 2.24) is 14.9 Å². The molecule has 0 saturated heterocycles. The fourth-order valence-electron chi connectivity index (χ4n) is 2.12. The van der Waals surface area contributed by atoms with Gasteiger partial charge in [0, 0.05) is 23.8 Å². The molecule has 0 aromatic carbocycles. The zero-order valence-electron chi connectivity index (χ0n) is 10.7. The topological polar surface area (TPSA) is 101 Å². The maximum atomic E-state index is 12.2. The molecule has 1 unspecified atom stereocenters. The second kappa shape index (κ2) is 4.99. The average molecular weight is 272 g/mol. The Morgan fingerprint density at radius 3 is 2.78 bits per heavy atom. The Labute approximate surface area is 107 Å². The second-order valence-electron chi connectivity index (χ2n) is 5.04. The fraction of sp³-hybridized carbons (Fsp3) is 0.727. The predicted molar refractivity (Wildman–Crippen MR) is 68.3 cm³/mol. The number of H-pyrrole nitrogens is 1. The Morgan fingerprint density at radius 1 is 1.56 bits per heavy atom. The molecule has 0 amide bonds. The van der Waals surface area contributed by atoms with Gasteiger partial charge in [-0.2, -0.15) is 5.10 Å². The summed E-state index contributed by atoms with van der Waals surface area (Å²) in [4.78, 5) is 0. The molecule has 0 aliphatic heterocycles. The van der Waals surface area contributed by atoms with E-state index < -0.39 is 10.0 Å². The summed E-state index contributed by atoms with van der Waals surface area (Å²) in [5.74, 6) is 0.678. The highest BCUT2D eigenvalue weighted by Crippen LogP contribution is 2.33. The number of nitrogens with two attached hydrogens (primary N) is 1. The Kier molecular flexibility index (Phi) is 3.74. The quantitative estimate of drug-likeness (QED) is 0.707. The van der Waals surface area contributed by atoms with Gasteiger partial charge in [0.25, 0.3) is 10.0 Å². The van der Waals surface area contributed by atoms with Gasteiger partial charge in [-0.05, 0) is 26.2 Å². The van der Waals surface area contributed by atoms with Crippen molar-refractivity contribution in [2.24, 2.45) is 11.7 Å². The molecule has 6 nitrogen and oxygen atoms in total. The molecule has 1 atom stereocenters. The maximum absolute atomic E-state index is 12.2. The fourth-order valence-corrected chi connectivity index (χ4v) is 3.58. The lowest BCUT2D eigenvalue weighted by Crippen LogP contribution is -2.33. The Morgan fingerprint density at radius 2 is 2.22 bits per heavy atom. The number of hydrogen-bond donors (Lipinski definition) is 3. The monoisotopic (exact) mass is 272 g/mol. The van der Waals surface area contributed by atoms with Crippen LogP contribution in [0.3, 0.4) is 0 Å². The molecule has 7 heteroatoms. The molecule has 1 saturated carbocycles. The summed E-state index contributed by atoms with van der Waals surface area (Å²) in [6, 6.07) is -0.0647. The highest BCUT2D eigenvalue weighted by molar-refractivity contribution is 7.89. The van der Waals surface area contributed by atoms with Crippen LogP contribution < -0.4 is 10.5 Å². The third-order valence-corrected chi connectivity index (χ3v) is 4.79. The molecule has 0 bridgehead atoms. The number of aryl methyl sites for hydroxylation is 1. The lowest BCUT2D eigenvalue weighted by molar-refractivity contribution is 0.526. The minimum absolute atomic E-state index is 0.0325. The molecule has 18 heavy (non-hydrogen) atoms. The Hall–Kier alpha value is -0.920. The number of rotatable bonds is 6. The molecular formula is C11H20N4O2S. The third kappa shape index (κ3) is 2.90. The summed E-state index contributed by atoms with van der Waals surface area (Å²) in [7, 11) is -3.57. The summed E-state index contributed by atoms with van der Waals surface area (Å²) in [5.41, 5.74) is 6.82. The summed E-state index contributed by atoms with van der Waals surface area (Å²) in [6.45, 7) is 3.81. The van der Waals surface area contributed by atoms with Gasteiger partial charge in [-0.25, -0.2) is 13.1 Å². The summed E-state index contributed by atoms with van der Waals surface area (Å²) in [5, 5.41) is 6.55. The van der Waals surface area contributed by atoms with Crippen LogP contribution in [0.2, 0.25) is 0 Å². The highest BCUT2D eigenvalue weighted by Gasteiger charge is 2.28. The van der Waals surface area contributed by atoms with Crippen LogP contribution >= 0.6 is 0 Å². The number of sulfonamides is 1. The van der Waals surface area contributed by atoms with Gasteiger partial charge < -0.3 is 5.73 Å². The van der Waals surface area contributed by atoms with Crippen molar-refractivity contribution in [2.45, 2.75) is 50.7 Å². The van der Waals surface area contributed by atoms with Crippen molar-refractivity contribution < 1.29 is 8.42 Å². The van der Waals surface area contributed by atoms with E-state index in [4.69, 9.17) is 5.73 Å². The van der Waals surface area contributed by atoms with Gasteiger partial charge in [-0.3, -0.25) is 5.10 Å². The van der Waals surface area contributed by atoms with Crippen molar-refractivity contribution in [2.75, 3.05) is 0 Å². The standard InChI is InChI=1S/C11H20N4O2S/c1-7(5-9-3-4-9)15-18(16,17)11-10(6-12)8(2)13-14-11/h7,9,15H,3-6,12H2,1-2H3,(H,13,14). The van der Waals surface area contributed by atoms with E-state index in [0.29, 0.717) is 17.2 Å². The van der Waals surface area contributed by atoms with Crippen LogP contribution in [0.1, 0.15) is 37.4 Å². The van der Waals surface area contributed by atoms with E-state index in [-0.39, 0.29) is 17.6 Å². The second-order valence-corrected chi connectivity index (χ2v) is 6.67. The van der Waals surface area contributed by atoms with Gasteiger partial charge in [0.2, 0.25) is 0 Å². The van der Waals surface area contributed by atoms with Crippen LogP contribution in [0.5, 0.6) is 0 Å². The SMILES string of the molecule is Cc1[nH]nc(S(=O)(=O)NC(C)CC2CC2)c1CN. The van der Waals surface area contributed by atoms with Crippen LogP contribution in [0.15, 0.2) is 5.03 Å². The zero-order valence-corrected chi connectivity index (χ0v) is 11.5. The van der Waals surface area contributed by atoms with E-state index >= 15 is 0 Å². The summed E-state index contributed by atoms with van der Waals surface area (Å²) >= 11 is 0. The Bertz CT molecular complexity index is 519. The average Bonchev–Trinajstić information content (AvgIpc) is 2.97. The minimum atomic E-state index is -3.57. The van der Waals surface area contributed by atoms with Crippen LogP contribution in [0.4, 0.5) is 0 Å². The van der Waals surface area contributed by atoms with Gasteiger partial charge in [0.05, 0.1) is 0 Å². The van der Waals surface area contributed by atoms with Crippen LogP contribution in [0.25, 0.3) is 0 Å². The smallest absolute Gasteiger partial charge is 0.260 e. The van der Waals surface area contributed by atoms with Crippen LogP contribution in [-0.4, -0.2) is 24.7 Å². The maximum Gasteiger partial charge on any atom is 0.260 e. The highest BCUT2D eigenvalue weighted by atomic mass is 32.2. The largest absolute Gasteiger partial charge is 0.326 e. The zero-order chi connectivity index (χ0) is 13.3. The molecule has 1 aliphatic carbocycles.